The first-order chi connectivity index (χ1) is 7.65. The molecular weight excluding hydrogens is 218 g/mol. The van der Waals surface area contributed by atoms with Crippen molar-refractivity contribution in [2.24, 2.45) is 4.99 Å². The minimum Gasteiger partial charge on any atom is -0.394 e. The molecule has 1 fully saturated rings. The third-order valence-corrected chi connectivity index (χ3v) is 2.60. The van der Waals surface area contributed by atoms with Crippen LogP contribution in [0, 0.1) is 0 Å². The van der Waals surface area contributed by atoms with Crippen molar-refractivity contribution >= 4 is 12.4 Å². The van der Waals surface area contributed by atoms with Crippen molar-refractivity contribution in [1.82, 2.24) is 10.2 Å². The molecule has 0 aromatic carbocycles. The predicted octanol–water partition coefficient (Wildman–Crippen LogP) is -2.56. The zero-order chi connectivity index (χ0) is 11.7. The van der Waals surface area contributed by atoms with E-state index in [2.05, 4.69) is 10.3 Å². The van der Waals surface area contributed by atoms with Gasteiger partial charge in [-0.15, -0.1) is 0 Å². The monoisotopic (exact) mass is 231 g/mol. The first kappa shape index (κ1) is 11.3. The molecule has 16 heavy (non-hydrogen) atoms. The van der Waals surface area contributed by atoms with Gasteiger partial charge < -0.3 is 20.1 Å². The lowest BCUT2D eigenvalue weighted by Crippen LogP contribution is -2.53. The molecular formula is C8H13N3O5. The predicted molar refractivity (Wildman–Crippen MR) is 51.5 cm³/mol. The van der Waals surface area contributed by atoms with E-state index in [9.17, 15) is 15.0 Å². The number of aliphatic hydroxyl groups excluding tert-OH is 3. The Kier molecular flexibility index (Phi) is 3.06. The summed E-state index contributed by atoms with van der Waals surface area (Å²) in [5.74, 6) is 0. The summed E-state index contributed by atoms with van der Waals surface area (Å²) in [6, 6.07) is -0.468. The number of nitrogens with one attached hydrogen (secondary N) is 1. The van der Waals surface area contributed by atoms with Crippen molar-refractivity contribution in [3.05, 3.63) is 0 Å². The Hall–Kier alpha value is -1.22. The number of amides is 2. The van der Waals surface area contributed by atoms with E-state index in [1.54, 1.807) is 0 Å². The molecule has 2 aliphatic heterocycles. The number of hydrogen-bond donors (Lipinski definition) is 4. The Morgan fingerprint density at radius 3 is 2.88 bits per heavy atom. The van der Waals surface area contributed by atoms with Crippen LogP contribution in [-0.4, -0.2) is 70.4 Å². The van der Waals surface area contributed by atoms with Crippen LogP contribution in [-0.2, 0) is 4.74 Å². The number of hydrogen-bond acceptors (Lipinski definition) is 6. The van der Waals surface area contributed by atoms with Crippen LogP contribution in [0.25, 0.3) is 0 Å². The van der Waals surface area contributed by atoms with E-state index in [-0.39, 0.29) is 6.67 Å². The van der Waals surface area contributed by atoms with Crippen molar-refractivity contribution in [2.45, 2.75) is 24.5 Å². The van der Waals surface area contributed by atoms with Gasteiger partial charge in [0, 0.05) is 0 Å². The second-order valence-corrected chi connectivity index (χ2v) is 3.60. The van der Waals surface area contributed by atoms with Gasteiger partial charge in [-0.2, -0.15) is 0 Å². The molecule has 2 heterocycles. The lowest BCUT2D eigenvalue weighted by molar-refractivity contribution is -0.0786. The van der Waals surface area contributed by atoms with Crippen LogP contribution in [0.2, 0.25) is 0 Å². The number of carbonyl (C=O) groups is 1. The number of aliphatic hydroxyl groups is 3. The van der Waals surface area contributed by atoms with Gasteiger partial charge in [-0.05, 0) is 0 Å². The van der Waals surface area contributed by atoms with Gasteiger partial charge in [-0.25, -0.2) is 4.79 Å². The highest BCUT2D eigenvalue weighted by Gasteiger charge is 2.46. The van der Waals surface area contributed by atoms with E-state index in [1.807, 2.05) is 0 Å². The SMILES string of the molecule is O=C1NC=NCN1C1O[C@H](CO)[C@@H](O)[C@@H]1O. The maximum absolute atomic E-state index is 11.4. The third kappa shape index (κ3) is 1.76. The number of ether oxygens (including phenoxy) is 1. The van der Waals surface area contributed by atoms with Gasteiger partial charge in [-0.3, -0.25) is 15.2 Å². The summed E-state index contributed by atoms with van der Waals surface area (Å²) in [4.78, 5) is 16.4. The van der Waals surface area contributed by atoms with Crippen molar-refractivity contribution < 1.29 is 24.9 Å². The van der Waals surface area contributed by atoms with Crippen molar-refractivity contribution in [3.63, 3.8) is 0 Å². The van der Waals surface area contributed by atoms with Gasteiger partial charge in [0.1, 0.15) is 25.0 Å². The molecule has 0 bridgehead atoms. The topological polar surface area (TPSA) is 115 Å². The van der Waals surface area contributed by atoms with Crippen molar-refractivity contribution in [1.29, 1.82) is 0 Å². The molecule has 0 saturated carbocycles. The third-order valence-electron chi connectivity index (χ3n) is 2.60. The van der Waals surface area contributed by atoms with Crippen molar-refractivity contribution in [3.8, 4) is 0 Å². The van der Waals surface area contributed by atoms with Crippen LogP contribution in [0.3, 0.4) is 0 Å². The highest BCUT2D eigenvalue weighted by atomic mass is 16.6. The molecule has 0 spiro atoms. The average molecular weight is 231 g/mol. The molecule has 2 rings (SSSR count). The Labute approximate surface area is 91.1 Å². The van der Waals surface area contributed by atoms with Crippen LogP contribution < -0.4 is 5.32 Å². The summed E-state index contributed by atoms with van der Waals surface area (Å²) in [7, 11) is 0. The molecule has 4 atom stereocenters. The zero-order valence-electron chi connectivity index (χ0n) is 8.35. The van der Waals surface area contributed by atoms with Crippen LogP contribution in [0.4, 0.5) is 4.79 Å². The number of carbonyl (C=O) groups excluding carboxylic acids is 1. The Balaban J connectivity index is 2.10. The summed E-state index contributed by atoms with van der Waals surface area (Å²) in [5, 5.41) is 30.4. The smallest absolute Gasteiger partial charge is 0.326 e. The van der Waals surface area contributed by atoms with Gasteiger partial charge in [0.25, 0.3) is 0 Å². The standard InChI is InChI=1S/C8H13N3O5/c12-1-4-5(13)6(14)7(16-4)11-3-9-2-10-8(11)15/h2,4-7,12-14H,1,3H2,(H,9,10,15)/t4-,5-,6+,7?/m1/s1. The number of rotatable bonds is 2. The minimum absolute atomic E-state index is 0.0401. The Morgan fingerprint density at radius 1 is 1.56 bits per heavy atom. The first-order valence-corrected chi connectivity index (χ1v) is 4.83. The summed E-state index contributed by atoms with van der Waals surface area (Å²) in [6.45, 7) is -0.383. The second kappa shape index (κ2) is 4.34. The minimum atomic E-state index is -1.25. The van der Waals surface area contributed by atoms with Gasteiger partial charge >= 0.3 is 6.03 Å². The van der Waals surface area contributed by atoms with Gasteiger partial charge in [0.15, 0.2) is 6.23 Å². The van der Waals surface area contributed by atoms with Gasteiger partial charge in [0.2, 0.25) is 0 Å². The first-order valence-electron chi connectivity index (χ1n) is 4.83. The number of urea groups is 1. The molecule has 8 nitrogen and oxygen atoms in total. The molecule has 4 N–H and O–H groups in total. The molecule has 2 aliphatic rings. The largest absolute Gasteiger partial charge is 0.394 e. The van der Waals surface area contributed by atoms with E-state index in [0.29, 0.717) is 0 Å². The Bertz CT molecular complexity index is 310. The summed E-state index contributed by atoms with van der Waals surface area (Å²) >= 11 is 0. The van der Waals surface area contributed by atoms with E-state index < -0.39 is 37.2 Å². The average Bonchev–Trinajstić information content (AvgIpc) is 2.57. The molecule has 2 amide bonds. The van der Waals surface area contributed by atoms with E-state index in [4.69, 9.17) is 9.84 Å². The summed E-state index contributed by atoms with van der Waals surface area (Å²) < 4.78 is 5.19. The second-order valence-electron chi connectivity index (χ2n) is 3.60. The normalized spacial score (nSPS) is 38.9. The molecule has 0 aromatic rings. The molecule has 1 saturated heterocycles. The highest BCUT2D eigenvalue weighted by Crippen LogP contribution is 2.24. The molecule has 0 aliphatic carbocycles. The fourth-order valence-corrected chi connectivity index (χ4v) is 1.71. The lowest BCUT2D eigenvalue weighted by Gasteiger charge is -2.30. The Morgan fingerprint density at radius 2 is 2.31 bits per heavy atom. The van der Waals surface area contributed by atoms with Gasteiger partial charge in [-0.1, -0.05) is 0 Å². The van der Waals surface area contributed by atoms with E-state index in [0.717, 1.165) is 4.90 Å². The molecule has 90 valence electrons. The van der Waals surface area contributed by atoms with Crippen LogP contribution in [0.5, 0.6) is 0 Å². The molecule has 0 aromatic heterocycles. The van der Waals surface area contributed by atoms with Crippen molar-refractivity contribution in [2.75, 3.05) is 13.3 Å². The van der Waals surface area contributed by atoms with Crippen LogP contribution in [0.15, 0.2) is 4.99 Å². The van der Waals surface area contributed by atoms with Crippen LogP contribution >= 0.6 is 0 Å². The zero-order valence-corrected chi connectivity index (χ0v) is 8.35. The lowest BCUT2D eigenvalue weighted by atomic mass is 10.1. The maximum atomic E-state index is 11.4. The maximum Gasteiger partial charge on any atom is 0.326 e. The van der Waals surface area contributed by atoms with E-state index >= 15 is 0 Å². The fraction of sp³-hybridized carbons (Fsp3) is 0.750. The molecule has 1 unspecified atom stereocenters. The highest BCUT2D eigenvalue weighted by molar-refractivity contribution is 5.87. The summed E-state index contributed by atoms with van der Waals surface area (Å²) in [6.07, 6.45) is -3.10. The summed E-state index contributed by atoms with van der Waals surface area (Å²) in [5.41, 5.74) is 0. The number of aliphatic imine (C=N–C) groups is 1. The van der Waals surface area contributed by atoms with Crippen LogP contribution in [0.1, 0.15) is 0 Å². The van der Waals surface area contributed by atoms with E-state index in [1.165, 1.54) is 6.34 Å². The molecule has 0 radical (unpaired) electrons. The number of nitrogens with zero attached hydrogens (tertiary/aromatic N) is 2. The quantitative estimate of drug-likeness (QED) is 0.417. The fourth-order valence-electron chi connectivity index (χ4n) is 1.71. The van der Waals surface area contributed by atoms with Gasteiger partial charge in [0.05, 0.1) is 12.9 Å². The molecule has 8 heteroatoms.